The Bertz CT molecular complexity index is 413. The molecule has 1 aromatic rings. The molecule has 1 unspecified atom stereocenters. The Morgan fingerprint density at radius 2 is 2.22 bits per heavy atom. The molecule has 1 atom stereocenters. The first-order valence-corrected chi connectivity index (χ1v) is 6.66. The Hall–Kier alpha value is -0.770. The van der Waals surface area contributed by atoms with Gasteiger partial charge < -0.3 is 15.2 Å². The smallest absolute Gasteiger partial charge is 0.120 e. The number of hydrogen-bond acceptors (Lipinski definition) is 3. The van der Waals surface area contributed by atoms with E-state index in [1.165, 1.54) is 6.42 Å². The molecule has 1 saturated carbocycles. The molecule has 0 spiro atoms. The Balaban J connectivity index is 2.33. The van der Waals surface area contributed by atoms with Crippen molar-refractivity contribution < 1.29 is 9.84 Å². The highest BCUT2D eigenvalue weighted by Crippen LogP contribution is 2.51. The van der Waals surface area contributed by atoms with Gasteiger partial charge in [-0.2, -0.15) is 0 Å². The molecule has 0 aliphatic heterocycles. The van der Waals surface area contributed by atoms with E-state index in [0.29, 0.717) is 5.02 Å². The van der Waals surface area contributed by atoms with Gasteiger partial charge in [0.1, 0.15) is 5.75 Å². The molecule has 3 nitrogen and oxygen atoms in total. The molecule has 1 fully saturated rings. The van der Waals surface area contributed by atoms with Gasteiger partial charge >= 0.3 is 0 Å². The number of rotatable bonds is 5. The normalized spacial score (nSPS) is 19.1. The Morgan fingerprint density at radius 1 is 1.50 bits per heavy atom. The number of hydrogen-bond donors (Lipinski definition) is 2. The zero-order valence-corrected chi connectivity index (χ0v) is 11.6. The van der Waals surface area contributed by atoms with Gasteiger partial charge in [0, 0.05) is 16.5 Å². The van der Waals surface area contributed by atoms with Gasteiger partial charge in [-0.3, -0.25) is 0 Å². The van der Waals surface area contributed by atoms with Gasteiger partial charge in [0.05, 0.1) is 13.7 Å². The van der Waals surface area contributed by atoms with Crippen LogP contribution < -0.4 is 10.1 Å². The standard InChI is InChI=1S/C14H20ClNO2/c1-16-13(14(9-17)6-3-7-14)11-5-4-10(18-2)8-12(11)15/h4-5,8,13,16-17H,3,6-7,9H2,1-2H3. The van der Waals surface area contributed by atoms with Gasteiger partial charge in [0.15, 0.2) is 0 Å². The molecule has 2 N–H and O–H groups in total. The summed E-state index contributed by atoms with van der Waals surface area (Å²) in [6.45, 7) is 0.195. The van der Waals surface area contributed by atoms with Gasteiger partial charge in [0.25, 0.3) is 0 Å². The van der Waals surface area contributed by atoms with Crippen LogP contribution in [-0.2, 0) is 0 Å². The van der Waals surface area contributed by atoms with E-state index in [1.54, 1.807) is 7.11 Å². The van der Waals surface area contributed by atoms with Crippen molar-refractivity contribution in [1.29, 1.82) is 0 Å². The predicted molar refractivity (Wildman–Crippen MR) is 73.2 cm³/mol. The molecule has 4 heteroatoms. The number of nitrogens with one attached hydrogen (secondary N) is 1. The molecule has 0 saturated heterocycles. The van der Waals surface area contributed by atoms with Gasteiger partial charge in [-0.1, -0.05) is 24.1 Å². The topological polar surface area (TPSA) is 41.5 Å². The van der Waals surface area contributed by atoms with Crippen molar-refractivity contribution in [2.24, 2.45) is 5.41 Å². The van der Waals surface area contributed by atoms with E-state index in [9.17, 15) is 5.11 Å². The van der Waals surface area contributed by atoms with Crippen LogP contribution in [0.25, 0.3) is 0 Å². The Labute approximate surface area is 113 Å². The summed E-state index contributed by atoms with van der Waals surface area (Å²) >= 11 is 6.32. The van der Waals surface area contributed by atoms with Crippen LogP contribution in [0.3, 0.4) is 0 Å². The largest absolute Gasteiger partial charge is 0.497 e. The SMILES string of the molecule is CNC(c1ccc(OC)cc1Cl)C1(CO)CCC1. The third-order valence-corrected chi connectivity index (χ3v) is 4.41. The van der Waals surface area contributed by atoms with Crippen molar-refractivity contribution in [3.05, 3.63) is 28.8 Å². The maximum atomic E-state index is 9.68. The molecule has 1 aliphatic rings. The summed E-state index contributed by atoms with van der Waals surface area (Å²) in [5.41, 5.74) is 0.973. The fourth-order valence-electron chi connectivity index (χ4n) is 2.83. The van der Waals surface area contributed by atoms with Gasteiger partial charge in [-0.05, 0) is 37.6 Å². The summed E-state index contributed by atoms with van der Waals surface area (Å²) in [6.07, 6.45) is 3.25. The molecule has 0 radical (unpaired) electrons. The van der Waals surface area contributed by atoms with E-state index in [4.69, 9.17) is 16.3 Å². The fourth-order valence-corrected chi connectivity index (χ4v) is 3.11. The van der Waals surface area contributed by atoms with Crippen molar-refractivity contribution >= 4 is 11.6 Å². The van der Waals surface area contributed by atoms with Crippen molar-refractivity contribution in [2.45, 2.75) is 25.3 Å². The molecule has 1 aliphatic carbocycles. The van der Waals surface area contributed by atoms with Gasteiger partial charge in [0.2, 0.25) is 0 Å². The van der Waals surface area contributed by atoms with Crippen LogP contribution in [0.15, 0.2) is 18.2 Å². The molecule has 0 heterocycles. The lowest BCUT2D eigenvalue weighted by Crippen LogP contribution is -2.44. The first-order chi connectivity index (χ1) is 8.66. The maximum Gasteiger partial charge on any atom is 0.120 e. The zero-order valence-electron chi connectivity index (χ0n) is 10.9. The number of aliphatic hydroxyl groups is 1. The molecule has 0 amide bonds. The third-order valence-electron chi connectivity index (χ3n) is 4.08. The first kappa shape index (κ1) is 13.7. The summed E-state index contributed by atoms with van der Waals surface area (Å²) in [7, 11) is 3.54. The van der Waals surface area contributed by atoms with Crippen molar-refractivity contribution in [3.8, 4) is 5.75 Å². The third kappa shape index (κ3) is 2.22. The second-order valence-electron chi connectivity index (χ2n) is 4.98. The minimum atomic E-state index is -0.0625. The quantitative estimate of drug-likeness (QED) is 0.864. The molecule has 1 aromatic carbocycles. The summed E-state index contributed by atoms with van der Waals surface area (Å²) < 4.78 is 5.16. The van der Waals surface area contributed by atoms with Crippen LogP contribution in [0.5, 0.6) is 5.75 Å². The van der Waals surface area contributed by atoms with Crippen molar-refractivity contribution in [3.63, 3.8) is 0 Å². The van der Waals surface area contributed by atoms with Gasteiger partial charge in [-0.25, -0.2) is 0 Å². The average molecular weight is 270 g/mol. The molecule has 0 aromatic heterocycles. The number of methoxy groups -OCH3 is 1. The van der Waals surface area contributed by atoms with E-state index < -0.39 is 0 Å². The molecule has 0 bridgehead atoms. The fraction of sp³-hybridized carbons (Fsp3) is 0.571. The number of halogens is 1. The van der Waals surface area contributed by atoms with Crippen LogP contribution >= 0.6 is 11.6 Å². The first-order valence-electron chi connectivity index (χ1n) is 6.28. The van der Waals surface area contributed by atoms with Gasteiger partial charge in [-0.15, -0.1) is 0 Å². The Kier molecular flexibility index (Phi) is 4.15. The van der Waals surface area contributed by atoms with E-state index in [0.717, 1.165) is 24.2 Å². The van der Waals surface area contributed by atoms with Crippen LogP contribution in [0.4, 0.5) is 0 Å². The molecule has 2 rings (SSSR count). The summed E-state index contributed by atoms with van der Waals surface area (Å²) in [6, 6.07) is 5.81. The zero-order chi connectivity index (χ0) is 13.2. The lowest BCUT2D eigenvalue weighted by Gasteiger charge is -2.47. The molecular formula is C14H20ClNO2. The van der Waals surface area contributed by atoms with E-state index in [1.807, 2.05) is 25.2 Å². The molecular weight excluding hydrogens is 250 g/mol. The lowest BCUT2D eigenvalue weighted by atomic mass is 9.63. The summed E-state index contributed by atoms with van der Waals surface area (Å²) in [4.78, 5) is 0. The Morgan fingerprint density at radius 3 is 2.61 bits per heavy atom. The minimum absolute atomic E-state index is 0.0625. The van der Waals surface area contributed by atoms with Crippen molar-refractivity contribution in [1.82, 2.24) is 5.32 Å². The molecule has 100 valence electrons. The number of benzene rings is 1. The lowest BCUT2D eigenvalue weighted by molar-refractivity contribution is 0.00785. The van der Waals surface area contributed by atoms with Crippen LogP contribution in [0.1, 0.15) is 30.9 Å². The summed E-state index contributed by atoms with van der Waals surface area (Å²) in [5, 5.41) is 13.7. The second kappa shape index (κ2) is 5.47. The van der Waals surface area contributed by atoms with Crippen LogP contribution in [0.2, 0.25) is 5.02 Å². The molecule has 18 heavy (non-hydrogen) atoms. The van der Waals surface area contributed by atoms with Crippen LogP contribution in [0, 0.1) is 5.41 Å². The second-order valence-corrected chi connectivity index (χ2v) is 5.39. The predicted octanol–water partition coefficient (Wildman–Crippen LogP) is 2.77. The van der Waals surface area contributed by atoms with Crippen molar-refractivity contribution in [2.75, 3.05) is 20.8 Å². The highest BCUT2D eigenvalue weighted by molar-refractivity contribution is 6.31. The number of aliphatic hydroxyl groups excluding tert-OH is 1. The van der Waals surface area contributed by atoms with Crippen LogP contribution in [-0.4, -0.2) is 25.9 Å². The van der Waals surface area contributed by atoms with E-state index >= 15 is 0 Å². The monoisotopic (exact) mass is 269 g/mol. The number of ether oxygens (including phenoxy) is 1. The highest BCUT2D eigenvalue weighted by atomic mass is 35.5. The minimum Gasteiger partial charge on any atom is -0.497 e. The maximum absolute atomic E-state index is 9.68. The average Bonchev–Trinajstić information content (AvgIpc) is 2.34. The highest BCUT2D eigenvalue weighted by Gasteiger charge is 2.44. The van der Waals surface area contributed by atoms with E-state index in [-0.39, 0.29) is 18.1 Å². The summed E-state index contributed by atoms with van der Waals surface area (Å²) in [5.74, 6) is 0.755. The van der Waals surface area contributed by atoms with E-state index in [2.05, 4.69) is 5.32 Å².